The molecule has 2 aromatic rings. The first-order chi connectivity index (χ1) is 10.4. The highest BCUT2D eigenvalue weighted by Crippen LogP contribution is 2.31. The van der Waals surface area contributed by atoms with E-state index < -0.39 is 5.97 Å². The summed E-state index contributed by atoms with van der Waals surface area (Å²) in [4.78, 5) is 15.1. The molecule has 0 fully saturated rings. The van der Waals surface area contributed by atoms with Crippen LogP contribution in [0.3, 0.4) is 0 Å². The molecule has 0 saturated carbocycles. The molecule has 1 atom stereocenters. The van der Waals surface area contributed by atoms with Gasteiger partial charge in [0.2, 0.25) is 0 Å². The van der Waals surface area contributed by atoms with Crippen molar-refractivity contribution in [1.29, 1.82) is 0 Å². The Balaban J connectivity index is 2.63. The molecule has 0 spiro atoms. The van der Waals surface area contributed by atoms with Crippen LogP contribution in [0.5, 0.6) is 0 Å². The highest BCUT2D eigenvalue weighted by atomic mass is 35.5. The van der Waals surface area contributed by atoms with Crippen molar-refractivity contribution in [1.82, 2.24) is 9.55 Å². The fraction of sp³-hybridized carbons (Fsp3) is 0.333. The molecule has 118 valence electrons. The van der Waals surface area contributed by atoms with Crippen LogP contribution < -0.4 is 0 Å². The molecule has 0 aliphatic rings. The summed E-state index contributed by atoms with van der Waals surface area (Å²) >= 11 is 17.5. The predicted molar refractivity (Wildman–Crippen MR) is 90.6 cm³/mol. The third kappa shape index (κ3) is 3.07. The number of carbonyl (C=O) groups excluding carboxylic acids is 1. The lowest BCUT2D eigenvalue weighted by Crippen LogP contribution is -2.18. The molecule has 7 heteroatoms. The monoisotopic (exact) mass is 358 g/mol. The summed E-state index contributed by atoms with van der Waals surface area (Å²) in [6, 6.07) is 5.28. The smallest absolute Gasteiger partial charge is 0.356 e. The number of aryl methyl sites for hydroxylation is 1. The summed E-state index contributed by atoms with van der Waals surface area (Å²) in [5.74, 6) is -0.427. The highest BCUT2D eigenvalue weighted by molar-refractivity contribution is 7.71. The second-order valence-corrected chi connectivity index (χ2v) is 6.06. The van der Waals surface area contributed by atoms with Crippen LogP contribution in [0.2, 0.25) is 10.0 Å². The summed E-state index contributed by atoms with van der Waals surface area (Å²) in [6.45, 7) is 3.80. The molecule has 0 aliphatic carbocycles. The van der Waals surface area contributed by atoms with Gasteiger partial charge in [-0.1, -0.05) is 36.2 Å². The minimum absolute atomic E-state index is 0.138. The van der Waals surface area contributed by atoms with E-state index >= 15 is 0 Å². The van der Waals surface area contributed by atoms with Crippen LogP contribution in [0.15, 0.2) is 18.2 Å². The number of ether oxygens (including phenoxy) is 1. The number of nitrogens with one attached hydrogen (secondary N) is 1. The summed E-state index contributed by atoms with van der Waals surface area (Å²) < 4.78 is 7.11. The summed E-state index contributed by atoms with van der Waals surface area (Å²) in [6.07, 6.45) is 0.730. The summed E-state index contributed by atoms with van der Waals surface area (Å²) in [5, 5.41) is 0.957. The van der Waals surface area contributed by atoms with Gasteiger partial charge in [0.05, 0.1) is 23.2 Å². The van der Waals surface area contributed by atoms with Crippen molar-refractivity contribution in [3.05, 3.63) is 50.0 Å². The van der Waals surface area contributed by atoms with E-state index in [0.717, 1.165) is 12.0 Å². The maximum Gasteiger partial charge on any atom is 0.356 e. The number of rotatable bonds is 4. The number of halogens is 2. The third-order valence-corrected chi connectivity index (χ3v) is 4.55. The van der Waals surface area contributed by atoms with Gasteiger partial charge in [-0.05, 0) is 43.3 Å². The third-order valence-electron chi connectivity index (χ3n) is 3.51. The second-order valence-electron chi connectivity index (χ2n) is 4.86. The van der Waals surface area contributed by atoms with Gasteiger partial charge in [0.25, 0.3) is 0 Å². The van der Waals surface area contributed by atoms with Crippen molar-refractivity contribution in [2.75, 3.05) is 7.11 Å². The maximum atomic E-state index is 12.1. The molecule has 0 aliphatic heterocycles. The van der Waals surface area contributed by atoms with E-state index in [1.165, 1.54) is 7.11 Å². The van der Waals surface area contributed by atoms with Crippen molar-refractivity contribution < 1.29 is 9.53 Å². The number of aromatic nitrogens is 2. The standard InChI is InChI=1S/C15H16Cl2N2O2S/c1-4-12(9-5-6-10(16)11(17)7-9)19-13(14(20)21-3)8(2)18-15(19)22/h5-7,12H,4H2,1-3H3,(H,18,22). The normalized spacial score (nSPS) is 12.2. The van der Waals surface area contributed by atoms with Gasteiger partial charge in [0, 0.05) is 5.69 Å². The lowest BCUT2D eigenvalue weighted by atomic mass is 10.0. The van der Waals surface area contributed by atoms with E-state index in [9.17, 15) is 4.79 Å². The quantitative estimate of drug-likeness (QED) is 0.621. The fourth-order valence-corrected chi connectivity index (χ4v) is 3.17. The fourth-order valence-electron chi connectivity index (χ4n) is 2.49. The number of hydrogen-bond acceptors (Lipinski definition) is 3. The van der Waals surface area contributed by atoms with Gasteiger partial charge < -0.3 is 14.3 Å². The number of carbonyl (C=O) groups is 1. The van der Waals surface area contributed by atoms with Crippen LogP contribution in [0.1, 0.15) is 41.1 Å². The molecular formula is C15H16Cl2N2O2S. The van der Waals surface area contributed by atoms with Gasteiger partial charge in [0.15, 0.2) is 4.77 Å². The topological polar surface area (TPSA) is 47.0 Å². The zero-order valence-corrected chi connectivity index (χ0v) is 14.8. The van der Waals surface area contributed by atoms with Crippen LogP contribution in [0, 0.1) is 11.7 Å². The van der Waals surface area contributed by atoms with E-state index in [-0.39, 0.29) is 6.04 Å². The first-order valence-electron chi connectivity index (χ1n) is 6.75. The molecule has 1 N–H and O–H groups in total. The van der Waals surface area contributed by atoms with Gasteiger partial charge in [-0.2, -0.15) is 0 Å². The molecule has 22 heavy (non-hydrogen) atoms. The molecule has 4 nitrogen and oxygen atoms in total. The molecule has 2 rings (SSSR count). The molecule has 0 radical (unpaired) electrons. The van der Waals surface area contributed by atoms with Crippen molar-refractivity contribution in [2.45, 2.75) is 26.3 Å². The largest absolute Gasteiger partial charge is 0.464 e. The van der Waals surface area contributed by atoms with Crippen LogP contribution in [0.4, 0.5) is 0 Å². The zero-order chi connectivity index (χ0) is 16.4. The first-order valence-corrected chi connectivity index (χ1v) is 7.91. The number of esters is 1. The van der Waals surface area contributed by atoms with E-state index in [1.54, 1.807) is 23.6 Å². The second kappa shape index (κ2) is 6.86. The number of methoxy groups -OCH3 is 1. The molecule has 0 amide bonds. The minimum atomic E-state index is -0.427. The van der Waals surface area contributed by atoms with E-state index in [0.29, 0.717) is 26.2 Å². The van der Waals surface area contributed by atoms with E-state index in [2.05, 4.69) is 4.98 Å². The lowest BCUT2D eigenvalue weighted by molar-refractivity contribution is 0.0585. The highest BCUT2D eigenvalue weighted by Gasteiger charge is 2.24. The summed E-state index contributed by atoms with van der Waals surface area (Å²) in [5.41, 5.74) is 2.03. The SMILES string of the molecule is CCC(c1ccc(Cl)c(Cl)c1)n1c(C(=O)OC)c(C)[nH]c1=S. The number of nitrogens with zero attached hydrogens (tertiary/aromatic N) is 1. The molecule has 1 heterocycles. The van der Waals surface area contributed by atoms with E-state index in [4.69, 9.17) is 40.2 Å². The molecule has 0 bridgehead atoms. The molecular weight excluding hydrogens is 343 g/mol. The minimum Gasteiger partial charge on any atom is -0.464 e. The van der Waals surface area contributed by atoms with Crippen LogP contribution >= 0.6 is 35.4 Å². The number of aromatic amines is 1. The van der Waals surface area contributed by atoms with Gasteiger partial charge in [-0.25, -0.2) is 4.79 Å². The number of benzene rings is 1. The van der Waals surface area contributed by atoms with Gasteiger partial charge in [-0.15, -0.1) is 0 Å². The Labute approximate surface area is 144 Å². The Bertz CT molecular complexity index is 767. The van der Waals surface area contributed by atoms with Gasteiger partial charge in [0.1, 0.15) is 5.69 Å². The Morgan fingerprint density at radius 2 is 2.09 bits per heavy atom. The van der Waals surface area contributed by atoms with Crippen molar-refractivity contribution >= 4 is 41.4 Å². The Hall–Kier alpha value is -1.30. The number of hydrogen-bond donors (Lipinski definition) is 1. The van der Waals surface area contributed by atoms with Crippen LogP contribution in [0.25, 0.3) is 0 Å². The van der Waals surface area contributed by atoms with E-state index in [1.807, 2.05) is 13.0 Å². The van der Waals surface area contributed by atoms with Crippen molar-refractivity contribution in [3.8, 4) is 0 Å². The molecule has 1 unspecified atom stereocenters. The average Bonchev–Trinajstić information content (AvgIpc) is 2.77. The molecule has 0 saturated heterocycles. The average molecular weight is 359 g/mol. The molecule has 1 aromatic carbocycles. The van der Waals surface area contributed by atoms with Crippen molar-refractivity contribution in [2.24, 2.45) is 0 Å². The Morgan fingerprint density at radius 1 is 1.41 bits per heavy atom. The van der Waals surface area contributed by atoms with Crippen LogP contribution in [-0.2, 0) is 4.74 Å². The Kier molecular flexibility index (Phi) is 5.32. The number of imidazole rings is 1. The Morgan fingerprint density at radius 3 is 2.64 bits per heavy atom. The maximum absolute atomic E-state index is 12.1. The predicted octanol–water partition coefficient (Wildman–Crippen LogP) is 4.95. The van der Waals surface area contributed by atoms with Gasteiger partial charge >= 0.3 is 5.97 Å². The van der Waals surface area contributed by atoms with Crippen LogP contribution in [-0.4, -0.2) is 22.6 Å². The zero-order valence-electron chi connectivity index (χ0n) is 12.4. The number of H-pyrrole nitrogens is 1. The first kappa shape index (κ1) is 17.1. The lowest BCUT2D eigenvalue weighted by Gasteiger charge is -2.20. The van der Waals surface area contributed by atoms with Crippen molar-refractivity contribution in [3.63, 3.8) is 0 Å². The molecule has 1 aromatic heterocycles. The van der Waals surface area contributed by atoms with Gasteiger partial charge in [-0.3, -0.25) is 0 Å². The summed E-state index contributed by atoms with van der Waals surface area (Å²) in [7, 11) is 1.35.